The third-order valence-corrected chi connectivity index (χ3v) is 8.48. The van der Waals surface area contributed by atoms with Crippen molar-refractivity contribution in [2.45, 2.75) is 25.7 Å². The summed E-state index contributed by atoms with van der Waals surface area (Å²) in [4.78, 5) is 25.5. The third kappa shape index (κ3) is 4.42. The Morgan fingerprint density at radius 1 is 1.03 bits per heavy atom. The summed E-state index contributed by atoms with van der Waals surface area (Å²) < 4.78 is 1.06. The Bertz CT molecular complexity index is 1240. The van der Waals surface area contributed by atoms with E-state index in [1.807, 2.05) is 54.3 Å². The molecule has 0 spiro atoms. The van der Waals surface area contributed by atoms with Crippen LogP contribution in [0.5, 0.6) is 0 Å². The Morgan fingerprint density at radius 2 is 1.78 bits per heavy atom. The van der Waals surface area contributed by atoms with Gasteiger partial charge in [-0.25, -0.2) is 9.97 Å². The van der Waals surface area contributed by atoms with Gasteiger partial charge in [-0.2, -0.15) is 0 Å². The van der Waals surface area contributed by atoms with E-state index < -0.39 is 0 Å². The number of aryl methyl sites for hydroxylation is 1. The number of amides is 1. The Balaban J connectivity index is 1.25. The molecule has 0 aliphatic carbocycles. The zero-order valence-electron chi connectivity index (χ0n) is 17.6. The van der Waals surface area contributed by atoms with Gasteiger partial charge in [-0.05, 0) is 31.9 Å². The van der Waals surface area contributed by atoms with Gasteiger partial charge in [0.25, 0.3) is 5.91 Å². The van der Waals surface area contributed by atoms with Crippen LogP contribution in [-0.2, 0) is 0 Å². The molecule has 0 bridgehead atoms. The normalized spacial score (nSPS) is 14.6. The highest BCUT2D eigenvalue weighted by Crippen LogP contribution is 2.35. The molecule has 4 nitrogen and oxygen atoms in total. The Labute approximate surface area is 204 Å². The molecule has 3 heterocycles. The van der Waals surface area contributed by atoms with E-state index in [1.54, 1.807) is 11.3 Å². The van der Waals surface area contributed by atoms with E-state index in [2.05, 4.69) is 38.4 Å². The van der Waals surface area contributed by atoms with Crippen LogP contribution >= 0.6 is 38.6 Å². The van der Waals surface area contributed by atoms with Crippen molar-refractivity contribution in [3.63, 3.8) is 0 Å². The number of carbonyl (C=O) groups excluding carboxylic acids is 1. The minimum atomic E-state index is 0.106. The molecule has 0 saturated carbocycles. The van der Waals surface area contributed by atoms with Gasteiger partial charge < -0.3 is 4.90 Å². The maximum atomic E-state index is 13.2. The second kappa shape index (κ2) is 9.25. The van der Waals surface area contributed by atoms with Gasteiger partial charge in [0, 0.05) is 40.0 Å². The van der Waals surface area contributed by atoms with E-state index in [9.17, 15) is 4.79 Å². The zero-order valence-corrected chi connectivity index (χ0v) is 20.8. The maximum Gasteiger partial charge on any atom is 0.265 e. The fourth-order valence-electron chi connectivity index (χ4n) is 4.03. The SMILES string of the molecule is Cc1nc(-c2ccccc2)sc1C(=O)N1CCC(c2nc(-c3cccc(Br)c3)cs2)CC1. The third-order valence-electron chi connectivity index (χ3n) is 5.79. The van der Waals surface area contributed by atoms with E-state index >= 15 is 0 Å². The standard InChI is InChI=1S/C25H22BrN3OS2/c1-16-22(32-24(27-16)17-6-3-2-4-7-17)25(30)29-12-10-18(11-13-29)23-28-21(15-31-23)19-8-5-9-20(26)14-19/h2-9,14-15,18H,10-13H2,1H3. The van der Waals surface area contributed by atoms with Crippen LogP contribution in [0.4, 0.5) is 0 Å². The van der Waals surface area contributed by atoms with Crippen molar-refractivity contribution in [3.05, 3.63) is 80.0 Å². The predicted octanol–water partition coefficient (Wildman–Crippen LogP) is 7.02. The van der Waals surface area contributed by atoms with E-state index in [1.165, 1.54) is 16.3 Å². The number of aromatic nitrogens is 2. The molecule has 1 aliphatic rings. The van der Waals surface area contributed by atoms with Crippen LogP contribution in [0, 0.1) is 6.92 Å². The van der Waals surface area contributed by atoms with Gasteiger partial charge in [0.15, 0.2) is 0 Å². The minimum absolute atomic E-state index is 0.106. The minimum Gasteiger partial charge on any atom is -0.338 e. The number of piperidine rings is 1. The molecule has 4 aromatic rings. The van der Waals surface area contributed by atoms with Crippen molar-refractivity contribution in [3.8, 4) is 21.8 Å². The highest BCUT2D eigenvalue weighted by atomic mass is 79.9. The van der Waals surface area contributed by atoms with Crippen molar-refractivity contribution in [1.82, 2.24) is 14.9 Å². The average molecular weight is 525 g/mol. The summed E-state index contributed by atoms with van der Waals surface area (Å²) in [6.45, 7) is 3.45. The first-order valence-electron chi connectivity index (χ1n) is 10.6. The quantitative estimate of drug-likeness (QED) is 0.288. The van der Waals surface area contributed by atoms with Crippen molar-refractivity contribution in [2.24, 2.45) is 0 Å². The number of hydrogen-bond donors (Lipinski definition) is 0. The zero-order chi connectivity index (χ0) is 22.1. The molecule has 1 aliphatic heterocycles. The molecule has 2 aromatic carbocycles. The summed E-state index contributed by atoms with van der Waals surface area (Å²) in [7, 11) is 0. The molecular formula is C25H22BrN3OS2. The number of halogens is 1. The molecule has 2 aromatic heterocycles. The molecule has 0 atom stereocenters. The molecule has 0 unspecified atom stereocenters. The van der Waals surface area contributed by atoms with Gasteiger partial charge >= 0.3 is 0 Å². The van der Waals surface area contributed by atoms with Crippen molar-refractivity contribution in [1.29, 1.82) is 0 Å². The average Bonchev–Trinajstić information content (AvgIpc) is 3.47. The Morgan fingerprint density at radius 3 is 2.53 bits per heavy atom. The van der Waals surface area contributed by atoms with Crippen molar-refractivity contribution in [2.75, 3.05) is 13.1 Å². The number of nitrogens with zero attached hydrogens (tertiary/aromatic N) is 3. The van der Waals surface area contributed by atoms with Crippen LogP contribution in [0.15, 0.2) is 64.5 Å². The molecule has 0 N–H and O–H groups in total. The molecule has 7 heteroatoms. The van der Waals surface area contributed by atoms with E-state index in [0.717, 1.165) is 62.8 Å². The van der Waals surface area contributed by atoms with Crippen LogP contribution in [0.25, 0.3) is 21.8 Å². The highest BCUT2D eigenvalue weighted by Gasteiger charge is 2.28. The lowest BCUT2D eigenvalue weighted by atomic mass is 9.97. The van der Waals surface area contributed by atoms with Crippen LogP contribution in [-0.4, -0.2) is 33.9 Å². The van der Waals surface area contributed by atoms with Crippen molar-refractivity contribution >= 4 is 44.5 Å². The Kier molecular flexibility index (Phi) is 6.22. The second-order valence-electron chi connectivity index (χ2n) is 7.95. The number of hydrogen-bond acceptors (Lipinski definition) is 5. The summed E-state index contributed by atoms with van der Waals surface area (Å²) in [5.74, 6) is 0.516. The molecule has 1 saturated heterocycles. The first-order chi connectivity index (χ1) is 15.6. The van der Waals surface area contributed by atoms with E-state index in [4.69, 9.17) is 4.98 Å². The fraction of sp³-hybridized carbons (Fsp3) is 0.240. The Hall–Kier alpha value is -2.35. The molecule has 1 amide bonds. The molecule has 1 fully saturated rings. The first-order valence-corrected chi connectivity index (χ1v) is 13.1. The fourth-order valence-corrected chi connectivity index (χ4v) is 6.47. The summed E-state index contributed by atoms with van der Waals surface area (Å²) >= 11 is 6.76. The van der Waals surface area contributed by atoms with Gasteiger partial charge in [-0.3, -0.25) is 4.79 Å². The van der Waals surface area contributed by atoms with Crippen LogP contribution in [0.3, 0.4) is 0 Å². The van der Waals surface area contributed by atoms with Gasteiger partial charge in [0.05, 0.1) is 16.4 Å². The molecule has 0 radical (unpaired) electrons. The first kappa shape index (κ1) is 21.5. The van der Waals surface area contributed by atoms with Crippen LogP contribution in [0.2, 0.25) is 0 Å². The number of thiazole rings is 2. The number of rotatable bonds is 4. The predicted molar refractivity (Wildman–Crippen MR) is 135 cm³/mol. The van der Waals surface area contributed by atoms with Gasteiger partial charge in [-0.1, -0.05) is 58.4 Å². The molecule has 5 rings (SSSR count). The number of carbonyl (C=O) groups is 1. The number of likely N-dealkylation sites (tertiary alicyclic amines) is 1. The monoisotopic (exact) mass is 523 g/mol. The lowest BCUT2D eigenvalue weighted by Gasteiger charge is -2.30. The largest absolute Gasteiger partial charge is 0.338 e. The highest BCUT2D eigenvalue weighted by molar-refractivity contribution is 9.10. The lowest BCUT2D eigenvalue weighted by molar-refractivity contribution is 0.0717. The van der Waals surface area contributed by atoms with Gasteiger partial charge in [0.1, 0.15) is 9.88 Å². The number of benzene rings is 2. The summed E-state index contributed by atoms with van der Waals surface area (Å²) in [5, 5.41) is 4.22. The molecule has 32 heavy (non-hydrogen) atoms. The van der Waals surface area contributed by atoms with Gasteiger partial charge in [-0.15, -0.1) is 22.7 Å². The van der Waals surface area contributed by atoms with Crippen molar-refractivity contribution < 1.29 is 4.79 Å². The summed E-state index contributed by atoms with van der Waals surface area (Å²) in [5.41, 5.74) is 4.03. The van der Waals surface area contributed by atoms with Gasteiger partial charge in [0.2, 0.25) is 0 Å². The van der Waals surface area contributed by atoms with E-state index in [-0.39, 0.29) is 5.91 Å². The maximum absolute atomic E-state index is 13.2. The summed E-state index contributed by atoms with van der Waals surface area (Å²) in [6.07, 6.45) is 1.89. The van der Waals surface area contributed by atoms with Crippen LogP contribution in [0.1, 0.15) is 39.1 Å². The second-order valence-corrected chi connectivity index (χ2v) is 10.8. The molecular weight excluding hydrogens is 502 g/mol. The molecule has 162 valence electrons. The summed E-state index contributed by atoms with van der Waals surface area (Å²) in [6, 6.07) is 18.3. The lowest BCUT2D eigenvalue weighted by Crippen LogP contribution is -2.37. The van der Waals surface area contributed by atoms with E-state index in [0.29, 0.717) is 5.92 Å². The smallest absolute Gasteiger partial charge is 0.265 e. The topological polar surface area (TPSA) is 46.1 Å². The van der Waals surface area contributed by atoms with Crippen LogP contribution < -0.4 is 0 Å².